The molecule has 0 atom stereocenters. The highest BCUT2D eigenvalue weighted by Crippen LogP contribution is 2.28. The maximum absolute atomic E-state index is 12.1. The number of aromatic nitrogens is 1. The fourth-order valence-corrected chi connectivity index (χ4v) is 3.59. The van der Waals surface area contributed by atoms with Crippen molar-refractivity contribution >= 4 is 22.4 Å². The number of nitrogens with zero attached hydrogens (tertiary/aromatic N) is 1. The van der Waals surface area contributed by atoms with Crippen LogP contribution in [-0.2, 0) is 10.2 Å². The molecule has 26 heavy (non-hydrogen) atoms. The molecule has 2 aromatic rings. The van der Waals surface area contributed by atoms with Crippen LogP contribution in [0.3, 0.4) is 0 Å². The molecule has 4 heteroatoms. The third-order valence-corrected chi connectivity index (χ3v) is 5.31. The number of amides is 1. The van der Waals surface area contributed by atoms with Gasteiger partial charge >= 0.3 is 0 Å². The predicted molar refractivity (Wildman–Crippen MR) is 113 cm³/mol. The lowest BCUT2D eigenvalue weighted by atomic mass is 9.86. The number of carbonyl (C=O) groups is 1. The predicted octanol–water partition coefficient (Wildman–Crippen LogP) is 6.80. The van der Waals surface area contributed by atoms with E-state index >= 15 is 0 Å². The summed E-state index contributed by atoms with van der Waals surface area (Å²) >= 11 is 1.49. The normalized spacial score (nSPS) is 11.5. The van der Waals surface area contributed by atoms with E-state index in [2.05, 4.69) is 62.3 Å². The largest absolute Gasteiger partial charge is 0.302 e. The summed E-state index contributed by atoms with van der Waals surface area (Å²) in [5, 5.41) is 5.64. The van der Waals surface area contributed by atoms with E-state index in [1.54, 1.807) is 0 Å². The average Bonchev–Trinajstić information content (AvgIpc) is 3.06. The monoisotopic (exact) mass is 372 g/mol. The van der Waals surface area contributed by atoms with Crippen molar-refractivity contribution in [3.8, 4) is 11.3 Å². The Morgan fingerprint density at radius 2 is 1.69 bits per heavy atom. The Morgan fingerprint density at radius 1 is 1.04 bits per heavy atom. The summed E-state index contributed by atoms with van der Waals surface area (Å²) in [6.45, 7) is 8.85. The van der Waals surface area contributed by atoms with Gasteiger partial charge in [-0.2, -0.15) is 0 Å². The number of unbranched alkanes of at least 4 members (excludes halogenated alkanes) is 5. The Balaban J connectivity index is 1.83. The molecule has 0 aliphatic rings. The molecule has 0 saturated heterocycles. The van der Waals surface area contributed by atoms with Gasteiger partial charge in [-0.25, -0.2) is 4.98 Å². The van der Waals surface area contributed by atoms with Crippen molar-refractivity contribution in [2.24, 2.45) is 0 Å². The molecule has 3 nitrogen and oxygen atoms in total. The molecule has 142 valence electrons. The first-order chi connectivity index (χ1) is 12.4. The minimum atomic E-state index is 0.0736. The molecule has 0 aliphatic heterocycles. The van der Waals surface area contributed by atoms with Gasteiger partial charge in [-0.15, -0.1) is 11.3 Å². The standard InChI is InChI=1S/C22H32N2OS/c1-5-6-7-8-9-10-11-20(25)24-21-23-19(16-26-21)17-12-14-18(15-13-17)22(2,3)4/h12-16H,5-11H2,1-4H3,(H,23,24,25). The van der Waals surface area contributed by atoms with E-state index in [9.17, 15) is 4.79 Å². The second-order valence-electron chi connectivity index (χ2n) is 7.93. The van der Waals surface area contributed by atoms with E-state index in [1.807, 2.05) is 5.38 Å². The van der Waals surface area contributed by atoms with E-state index in [0.717, 1.165) is 24.1 Å². The molecule has 1 aromatic heterocycles. The van der Waals surface area contributed by atoms with Crippen LogP contribution in [0.4, 0.5) is 5.13 Å². The summed E-state index contributed by atoms with van der Waals surface area (Å²) in [6, 6.07) is 8.53. The molecule has 0 fully saturated rings. The lowest BCUT2D eigenvalue weighted by Gasteiger charge is -2.18. The second-order valence-corrected chi connectivity index (χ2v) is 8.79. The molecular formula is C22H32N2OS. The number of hydrogen-bond donors (Lipinski definition) is 1. The third kappa shape index (κ3) is 6.56. The Labute approximate surface area is 162 Å². The highest BCUT2D eigenvalue weighted by atomic mass is 32.1. The van der Waals surface area contributed by atoms with Crippen molar-refractivity contribution in [2.45, 2.75) is 78.1 Å². The molecule has 1 N–H and O–H groups in total. The van der Waals surface area contributed by atoms with Crippen LogP contribution in [0.2, 0.25) is 0 Å². The summed E-state index contributed by atoms with van der Waals surface area (Å²) in [4.78, 5) is 16.6. The van der Waals surface area contributed by atoms with Gasteiger partial charge in [-0.1, -0.05) is 84.1 Å². The topological polar surface area (TPSA) is 42.0 Å². The van der Waals surface area contributed by atoms with Crippen LogP contribution < -0.4 is 5.32 Å². The lowest BCUT2D eigenvalue weighted by Crippen LogP contribution is -2.11. The minimum Gasteiger partial charge on any atom is -0.302 e. The Morgan fingerprint density at radius 3 is 2.35 bits per heavy atom. The fourth-order valence-electron chi connectivity index (χ4n) is 2.85. The number of rotatable bonds is 9. The van der Waals surface area contributed by atoms with Crippen molar-refractivity contribution in [3.63, 3.8) is 0 Å². The van der Waals surface area contributed by atoms with E-state index in [1.165, 1.54) is 42.6 Å². The molecule has 2 rings (SSSR count). The van der Waals surface area contributed by atoms with Gasteiger partial charge in [0.15, 0.2) is 5.13 Å². The van der Waals surface area contributed by atoms with Gasteiger partial charge < -0.3 is 5.32 Å². The van der Waals surface area contributed by atoms with Gasteiger partial charge in [0.05, 0.1) is 5.69 Å². The number of nitrogens with one attached hydrogen (secondary N) is 1. The summed E-state index contributed by atoms with van der Waals surface area (Å²) in [7, 11) is 0. The molecule has 0 saturated carbocycles. The van der Waals surface area contributed by atoms with E-state index in [4.69, 9.17) is 0 Å². The Hall–Kier alpha value is -1.68. The van der Waals surface area contributed by atoms with Crippen LogP contribution in [0.1, 0.15) is 78.2 Å². The Kier molecular flexibility index (Phi) is 7.83. The van der Waals surface area contributed by atoms with Crippen LogP contribution in [0.15, 0.2) is 29.6 Å². The zero-order chi connectivity index (χ0) is 19.0. The highest BCUT2D eigenvalue weighted by molar-refractivity contribution is 7.14. The van der Waals surface area contributed by atoms with Gasteiger partial charge in [0.1, 0.15) is 0 Å². The molecule has 1 amide bonds. The number of benzene rings is 1. The van der Waals surface area contributed by atoms with Gasteiger partial charge in [0.25, 0.3) is 0 Å². The van der Waals surface area contributed by atoms with Crippen molar-refractivity contribution in [3.05, 3.63) is 35.2 Å². The first-order valence-electron chi connectivity index (χ1n) is 9.76. The first kappa shape index (κ1) is 20.6. The molecule has 0 radical (unpaired) electrons. The lowest BCUT2D eigenvalue weighted by molar-refractivity contribution is -0.116. The smallest absolute Gasteiger partial charge is 0.226 e. The summed E-state index contributed by atoms with van der Waals surface area (Å²) in [5.74, 6) is 0.0736. The Bertz CT molecular complexity index is 683. The van der Waals surface area contributed by atoms with Gasteiger partial charge in [-0.05, 0) is 17.4 Å². The van der Waals surface area contributed by atoms with Crippen LogP contribution >= 0.6 is 11.3 Å². The molecule has 0 bridgehead atoms. The molecule has 1 heterocycles. The molecular weight excluding hydrogens is 340 g/mol. The molecule has 1 aromatic carbocycles. The maximum atomic E-state index is 12.1. The van der Waals surface area contributed by atoms with Crippen molar-refractivity contribution < 1.29 is 4.79 Å². The highest BCUT2D eigenvalue weighted by Gasteiger charge is 2.14. The zero-order valence-corrected chi connectivity index (χ0v) is 17.4. The second kappa shape index (κ2) is 9.86. The van der Waals surface area contributed by atoms with E-state index in [0.29, 0.717) is 11.6 Å². The SMILES string of the molecule is CCCCCCCCC(=O)Nc1nc(-c2ccc(C(C)(C)C)cc2)cs1. The van der Waals surface area contributed by atoms with Crippen LogP contribution in [0.5, 0.6) is 0 Å². The molecule has 0 aliphatic carbocycles. The van der Waals surface area contributed by atoms with Crippen molar-refractivity contribution in [1.29, 1.82) is 0 Å². The third-order valence-electron chi connectivity index (χ3n) is 4.55. The van der Waals surface area contributed by atoms with Crippen LogP contribution in [0.25, 0.3) is 11.3 Å². The summed E-state index contributed by atoms with van der Waals surface area (Å²) < 4.78 is 0. The molecule has 0 unspecified atom stereocenters. The number of carbonyl (C=O) groups excluding carboxylic acids is 1. The molecule has 0 spiro atoms. The van der Waals surface area contributed by atoms with Crippen LogP contribution in [0, 0.1) is 0 Å². The van der Waals surface area contributed by atoms with Crippen LogP contribution in [-0.4, -0.2) is 10.9 Å². The number of hydrogen-bond acceptors (Lipinski definition) is 3. The fraction of sp³-hybridized carbons (Fsp3) is 0.545. The van der Waals surface area contributed by atoms with Gasteiger partial charge in [0, 0.05) is 17.4 Å². The van der Waals surface area contributed by atoms with E-state index < -0.39 is 0 Å². The number of anilines is 1. The van der Waals surface area contributed by atoms with Crippen molar-refractivity contribution in [2.75, 3.05) is 5.32 Å². The van der Waals surface area contributed by atoms with Gasteiger partial charge in [-0.3, -0.25) is 4.79 Å². The zero-order valence-electron chi connectivity index (χ0n) is 16.6. The van der Waals surface area contributed by atoms with E-state index in [-0.39, 0.29) is 11.3 Å². The average molecular weight is 373 g/mol. The first-order valence-corrected chi connectivity index (χ1v) is 10.6. The van der Waals surface area contributed by atoms with Gasteiger partial charge in [0.2, 0.25) is 5.91 Å². The number of thiazole rings is 1. The van der Waals surface area contributed by atoms with Crippen molar-refractivity contribution in [1.82, 2.24) is 4.98 Å². The quantitative estimate of drug-likeness (QED) is 0.492. The summed E-state index contributed by atoms with van der Waals surface area (Å²) in [6.07, 6.45) is 7.74. The maximum Gasteiger partial charge on any atom is 0.226 e. The summed E-state index contributed by atoms with van der Waals surface area (Å²) in [5.41, 5.74) is 3.47. The minimum absolute atomic E-state index is 0.0736.